The summed E-state index contributed by atoms with van der Waals surface area (Å²) in [5.41, 5.74) is 8.28. The van der Waals surface area contributed by atoms with Gasteiger partial charge in [0, 0.05) is 25.3 Å². The van der Waals surface area contributed by atoms with E-state index in [1.807, 2.05) is 6.07 Å². The first kappa shape index (κ1) is 14.3. The van der Waals surface area contributed by atoms with Crippen LogP contribution in [-0.2, 0) is 6.54 Å². The lowest BCUT2D eigenvalue weighted by Crippen LogP contribution is -2.40. The van der Waals surface area contributed by atoms with Crippen molar-refractivity contribution in [3.8, 4) is 0 Å². The number of hydrogen-bond acceptors (Lipinski definition) is 2. The highest BCUT2D eigenvalue weighted by atomic mass is 19.1. The van der Waals surface area contributed by atoms with Gasteiger partial charge in [0.15, 0.2) is 0 Å². The molecule has 0 amide bonds. The normalized spacial score (nSPS) is 18.6. The zero-order chi connectivity index (χ0) is 13.9. The number of anilines is 1. The zero-order valence-corrected chi connectivity index (χ0v) is 12.1. The molecule has 1 aliphatic rings. The second kappa shape index (κ2) is 5.91. The summed E-state index contributed by atoms with van der Waals surface area (Å²) >= 11 is 0. The van der Waals surface area contributed by atoms with Crippen LogP contribution < -0.4 is 10.6 Å². The van der Waals surface area contributed by atoms with Crippen LogP contribution in [0.3, 0.4) is 0 Å². The Hall–Kier alpha value is -1.09. The molecule has 0 spiro atoms. The van der Waals surface area contributed by atoms with Crippen molar-refractivity contribution < 1.29 is 4.39 Å². The van der Waals surface area contributed by atoms with Crippen molar-refractivity contribution >= 4 is 5.69 Å². The van der Waals surface area contributed by atoms with E-state index in [1.165, 1.54) is 31.7 Å². The maximum absolute atomic E-state index is 13.3. The second-order valence-electron chi connectivity index (χ2n) is 5.67. The molecule has 0 saturated carbocycles. The molecule has 1 aromatic rings. The van der Waals surface area contributed by atoms with E-state index in [1.54, 1.807) is 6.07 Å². The van der Waals surface area contributed by atoms with E-state index in [0.717, 1.165) is 24.3 Å². The number of hydrogen-bond donors (Lipinski definition) is 1. The molecule has 2 nitrogen and oxygen atoms in total. The third-order valence-corrected chi connectivity index (χ3v) is 4.93. The van der Waals surface area contributed by atoms with Gasteiger partial charge in [-0.2, -0.15) is 0 Å². The van der Waals surface area contributed by atoms with Crippen molar-refractivity contribution in [1.82, 2.24) is 0 Å². The molecule has 106 valence electrons. The van der Waals surface area contributed by atoms with Gasteiger partial charge in [0.1, 0.15) is 5.82 Å². The zero-order valence-electron chi connectivity index (χ0n) is 12.1. The van der Waals surface area contributed by atoms with E-state index in [4.69, 9.17) is 5.73 Å². The number of nitrogens with zero attached hydrogens (tertiary/aromatic N) is 1. The van der Waals surface area contributed by atoms with Gasteiger partial charge in [-0.25, -0.2) is 4.39 Å². The summed E-state index contributed by atoms with van der Waals surface area (Å²) in [6.07, 6.45) is 4.96. The predicted molar refractivity (Wildman–Crippen MR) is 78.8 cm³/mol. The van der Waals surface area contributed by atoms with Crippen LogP contribution in [0.5, 0.6) is 0 Å². The summed E-state index contributed by atoms with van der Waals surface area (Å²) < 4.78 is 13.3. The Kier molecular flexibility index (Phi) is 4.46. The fraction of sp³-hybridized carbons (Fsp3) is 0.625. The van der Waals surface area contributed by atoms with Crippen LogP contribution in [0.4, 0.5) is 10.1 Å². The Morgan fingerprint density at radius 3 is 2.37 bits per heavy atom. The number of benzene rings is 1. The van der Waals surface area contributed by atoms with Crippen molar-refractivity contribution in [2.24, 2.45) is 11.1 Å². The van der Waals surface area contributed by atoms with Gasteiger partial charge in [0.25, 0.3) is 0 Å². The minimum Gasteiger partial charge on any atom is -0.371 e. The van der Waals surface area contributed by atoms with Crippen molar-refractivity contribution in [3.05, 3.63) is 29.6 Å². The Bertz CT molecular complexity index is 417. The van der Waals surface area contributed by atoms with Gasteiger partial charge in [0.2, 0.25) is 0 Å². The monoisotopic (exact) mass is 264 g/mol. The maximum atomic E-state index is 13.3. The number of nitrogens with two attached hydrogens (primary N) is 1. The maximum Gasteiger partial charge on any atom is 0.123 e. The highest BCUT2D eigenvalue weighted by molar-refractivity contribution is 5.54. The Morgan fingerprint density at radius 1 is 1.21 bits per heavy atom. The standard InChI is InChI=1S/C16H25FN2/c1-3-16(4-2)7-9-19(10-8-16)15-6-5-14(17)11-13(15)12-18/h5-6,11H,3-4,7-10,12,18H2,1-2H3. The molecule has 3 heteroatoms. The van der Waals surface area contributed by atoms with Crippen LogP contribution in [0.1, 0.15) is 45.1 Å². The first-order valence-corrected chi connectivity index (χ1v) is 7.37. The fourth-order valence-electron chi connectivity index (χ4n) is 3.21. The molecular formula is C16H25FN2. The van der Waals surface area contributed by atoms with Crippen LogP contribution in [-0.4, -0.2) is 13.1 Å². The summed E-state index contributed by atoms with van der Waals surface area (Å²) in [5, 5.41) is 0. The molecular weight excluding hydrogens is 239 g/mol. The quantitative estimate of drug-likeness (QED) is 0.898. The molecule has 0 aromatic heterocycles. The highest BCUT2D eigenvalue weighted by Gasteiger charge is 2.31. The molecule has 0 unspecified atom stereocenters. The van der Waals surface area contributed by atoms with E-state index in [0.29, 0.717) is 12.0 Å². The highest BCUT2D eigenvalue weighted by Crippen LogP contribution is 2.39. The van der Waals surface area contributed by atoms with Gasteiger partial charge < -0.3 is 10.6 Å². The smallest absolute Gasteiger partial charge is 0.123 e. The van der Waals surface area contributed by atoms with Crippen molar-refractivity contribution in [1.29, 1.82) is 0 Å². The minimum absolute atomic E-state index is 0.197. The van der Waals surface area contributed by atoms with Gasteiger partial charge in [-0.15, -0.1) is 0 Å². The van der Waals surface area contributed by atoms with Gasteiger partial charge in [0.05, 0.1) is 0 Å². The molecule has 1 aliphatic heterocycles. The van der Waals surface area contributed by atoms with Crippen molar-refractivity contribution in [2.75, 3.05) is 18.0 Å². The SMILES string of the molecule is CCC1(CC)CCN(c2ccc(F)cc2CN)CC1. The van der Waals surface area contributed by atoms with Gasteiger partial charge in [-0.1, -0.05) is 26.7 Å². The van der Waals surface area contributed by atoms with Crippen LogP contribution in [0.15, 0.2) is 18.2 Å². The van der Waals surface area contributed by atoms with E-state index in [-0.39, 0.29) is 5.82 Å². The summed E-state index contributed by atoms with van der Waals surface area (Å²) in [6.45, 7) is 7.10. The molecule has 2 N–H and O–H groups in total. The summed E-state index contributed by atoms with van der Waals surface area (Å²) in [7, 11) is 0. The van der Waals surface area contributed by atoms with Crippen LogP contribution >= 0.6 is 0 Å². The molecule has 2 rings (SSSR count). The molecule has 1 heterocycles. The lowest BCUT2D eigenvalue weighted by Gasteiger charge is -2.42. The van der Waals surface area contributed by atoms with E-state index >= 15 is 0 Å². The minimum atomic E-state index is -0.197. The molecule has 0 aliphatic carbocycles. The third-order valence-electron chi connectivity index (χ3n) is 4.93. The van der Waals surface area contributed by atoms with Crippen molar-refractivity contribution in [2.45, 2.75) is 46.1 Å². The third kappa shape index (κ3) is 2.92. The molecule has 0 radical (unpaired) electrons. The van der Waals surface area contributed by atoms with Gasteiger partial charge >= 0.3 is 0 Å². The average Bonchev–Trinajstić information content (AvgIpc) is 2.47. The van der Waals surface area contributed by atoms with E-state index < -0.39 is 0 Å². The number of halogens is 1. The van der Waals surface area contributed by atoms with Gasteiger partial charge in [-0.3, -0.25) is 0 Å². The number of rotatable bonds is 4. The fourth-order valence-corrected chi connectivity index (χ4v) is 3.21. The Morgan fingerprint density at radius 2 is 1.84 bits per heavy atom. The average molecular weight is 264 g/mol. The second-order valence-corrected chi connectivity index (χ2v) is 5.67. The lowest BCUT2D eigenvalue weighted by molar-refractivity contribution is 0.199. The summed E-state index contributed by atoms with van der Waals surface area (Å²) in [5.74, 6) is -0.197. The largest absolute Gasteiger partial charge is 0.371 e. The summed E-state index contributed by atoms with van der Waals surface area (Å²) in [6, 6.07) is 4.98. The predicted octanol–water partition coefficient (Wildman–Crippen LogP) is 3.69. The molecule has 1 saturated heterocycles. The van der Waals surface area contributed by atoms with Crippen molar-refractivity contribution in [3.63, 3.8) is 0 Å². The van der Waals surface area contributed by atoms with Crippen LogP contribution in [0.25, 0.3) is 0 Å². The first-order valence-electron chi connectivity index (χ1n) is 7.37. The summed E-state index contributed by atoms with van der Waals surface area (Å²) in [4.78, 5) is 2.37. The van der Waals surface area contributed by atoms with E-state index in [9.17, 15) is 4.39 Å². The lowest BCUT2D eigenvalue weighted by atomic mass is 9.74. The van der Waals surface area contributed by atoms with Gasteiger partial charge in [-0.05, 0) is 42.0 Å². The van der Waals surface area contributed by atoms with E-state index in [2.05, 4.69) is 18.7 Å². The molecule has 19 heavy (non-hydrogen) atoms. The van der Waals surface area contributed by atoms with Crippen LogP contribution in [0.2, 0.25) is 0 Å². The first-order chi connectivity index (χ1) is 9.14. The Balaban J connectivity index is 2.13. The Labute approximate surface area is 115 Å². The molecule has 0 bridgehead atoms. The molecule has 1 aromatic carbocycles. The topological polar surface area (TPSA) is 29.3 Å². The van der Waals surface area contributed by atoms with Crippen LogP contribution in [0, 0.1) is 11.2 Å². The molecule has 0 atom stereocenters. The molecule has 1 fully saturated rings. The number of piperidine rings is 1.